The molecule has 6 heteroatoms. The smallest absolute Gasteiger partial charge is 0.261 e. The van der Waals surface area contributed by atoms with Crippen molar-refractivity contribution in [2.45, 2.75) is 13.0 Å². The third-order valence-corrected chi connectivity index (χ3v) is 6.13. The summed E-state index contributed by atoms with van der Waals surface area (Å²) < 4.78 is 5.70. The Morgan fingerprint density at radius 1 is 1.22 bits per heavy atom. The van der Waals surface area contributed by atoms with Gasteiger partial charge in [-0.1, -0.05) is 18.2 Å². The van der Waals surface area contributed by atoms with E-state index in [1.807, 2.05) is 22.9 Å². The first-order valence-corrected chi connectivity index (χ1v) is 9.09. The van der Waals surface area contributed by atoms with Gasteiger partial charge in [0.1, 0.15) is 0 Å². The molecule has 4 nitrogen and oxygen atoms in total. The summed E-state index contributed by atoms with van der Waals surface area (Å²) in [7, 11) is 0. The number of hydrogen-bond acceptors (Lipinski definition) is 4. The molecule has 4 aromatic rings. The maximum Gasteiger partial charge on any atom is 0.261 e. The molecule has 3 heterocycles. The van der Waals surface area contributed by atoms with Gasteiger partial charge in [0.2, 0.25) is 0 Å². The summed E-state index contributed by atoms with van der Waals surface area (Å²) in [5, 5.41) is 4.25. The van der Waals surface area contributed by atoms with Crippen LogP contribution in [0.4, 0.5) is 0 Å². The number of aromatic nitrogens is 2. The van der Waals surface area contributed by atoms with Crippen molar-refractivity contribution < 1.29 is 4.79 Å². The molecule has 0 aliphatic rings. The van der Waals surface area contributed by atoms with Crippen LogP contribution in [-0.4, -0.2) is 22.0 Å². The van der Waals surface area contributed by atoms with Crippen molar-refractivity contribution >= 4 is 48.1 Å². The first-order chi connectivity index (χ1) is 11.3. The fourth-order valence-electron chi connectivity index (χ4n) is 2.58. The van der Waals surface area contributed by atoms with Gasteiger partial charge in [-0.05, 0) is 18.6 Å². The molecular weight excluding hydrogens is 326 g/mol. The highest BCUT2D eigenvalue weighted by atomic mass is 32.1. The number of imidazole rings is 1. The Hall–Kier alpha value is -2.18. The summed E-state index contributed by atoms with van der Waals surface area (Å²) >= 11 is 3.33. The highest BCUT2D eigenvalue weighted by Gasteiger charge is 2.13. The van der Waals surface area contributed by atoms with Gasteiger partial charge in [-0.3, -0.25) is 4.79 Å². The molecule has 0 bridgehead atoms. The summed E-state index contributed by atoms with van der Waals surface area (Å²) in [6.07, 6.45) is 6.38. The number of carbonyl (C=O) groups is 1. The zero-order valence-electron chi connectivity index (χ0n) is 12.4. The summed E-state index contributed by atoms with van der Waals surface area (Å²) in [5.41, 5.74) is 0. The number of hydrogen-bond donors (Lipinski definition) is 1. The third-order valence-electron chi connectivity index (χ3n) is 3.71. The number of rotatable bonds is 5. The van der Waals surface area contributed by atoms with Crippen LogP contribution in [0.5, 0.6) is 0 Å². The summed E-state index contributed by atoms with van der Waals surface area (Å²) in [5.74, 6) is 0.0214. The second-order valence-electron chi connectivity index (χ2n) is 5.31. The van der Waals surface area contributed by atoms with Gasteiger partial charge in [0, 0.05) is 40.3 Å². The molecule has 3 aromatic heterocycles. The van der Waals surface area contributed by atoms with E-state index in [4.69, 9.17) is 0 Å². The Balaban J connectivity index is 1.42. The predicted octanol–water partition coefficient (Wildman–Crippen LogP) is 4.13. The van der Waals surface area contributed by atoms with Gasteiger partial charge >= 0.3 is 0 Å². The molecule has 116 valence electrons. The number of thiophene rings is 2. The molecule has 0 saturated heterocycles. The Labute approximate surface area is 141 Å². The van der Waals surface area contributed by atoms with E-state index in [2.05, 4.69) is 28.5 Å². The minimum atomic E-state index is 0.0214. The lowest BCUT2D eigenvalue weighted by atomic mass is 10.2. The van der Waals surface area contributed by atoms with Gasteiger partial charge in [0.25, 0.3) is 5.91 Å². The molecular formula is C17H15N3OS2. The monoisotopic (exact) mass is 341 g/mol. The van der Waals surface area contributed by atoms with E-state index in [1.165, 1.54) is 19.5 Å². The number of benzene rings is 1. The molecule has 0 aliphatic carbocycles. The van der Waals surface area contributed by atoms with E-state index in [-0.39, 0.29) is 5.91 Å². The normalized spacial score (nSPS) is 11.3. The maximum atomic E-state index is 12.3. The molecule has 0 unspecified atom stereocenters. The van der Waals surface area contributed by atoms with E-state index in [0.29, 0.717) is 6.54 Å². The standard InChI is InChI=1S/C17H15N3OS2/c21-17(19-6-3-8-20-9-7-18-11-20)15-10-14-16(23-15)12-4-1-2-5-13(12)22-14/h1-2,4-5,7,9-11H,3,6,8H2,(H,19,21). The highest BCUT2D eigenvalue weighted by molar-refractivity contribution is 7.33. The molecule has 0 atom stereocenters. The van der Waals surface area contributed by atoms with Crippen LogP contribution in [0.25, 0.3) is 19.5 Å². The van der Waals surface area contributed by atoms with E-state index in [9.17, 15) is 4.79 Å². The van der Waals surface area contributed by atoms with E-state index < -0.39 is 0 Å². The topological polar surface area (TPSA) is 46.9 Å². The van der Waals surface area contributed by atoms with Crippen LogP contribution < -0.4 is 5.32 Å². The molecule has 23 heavy (non-hydrogen) atoms. The fourth-order valence-corrected chi connectivity index (χ4v) is 5.02. The summed E-state index contributed by atoms with van der Waals surface area (Å²) in [4.78, 5) is 17.1. The summed E-state index contributed by atoms with van der Waals surface area (Å²) in [6.45, 7) is 1.54. The molecule has 0 aliphatic heterocycles. The van der Waals surface area contributed by atoms with Crippen LogP contribution in [0.15, 0.2) is 49.1 Å². The second kappa shape index (κ2) is 6.14. The lowest BCUT2D eigenvalue weighted by Crippen LogP contribution is -2.24. The molecule has 0 fully saturated rings. The zero-order chi connectivity index (χ0) is 15.6. The third kappa shape index (κ3) is 2.87. The minimum Gasteiger partial charge on any atom is -0.351 e. The Bertz CT molecular complexity index is 953. The number of carbonyl (C=O) groups excluding carboxylic acids is 1. The van der Waals surface area contributed by atoms with Crippen molar-refractivity contribution in [3.63, 3.8) is 0 Å². The maximum absolute atomic E-state index is 12.3. The van der Waals surface area contributed by atoms with Gasteiger partial charge in [0.05, 0.1) is 15.9 Å². The van der Waals surface area contributed by atoms with Crippen LogP contribution in [-0.2, 0) is 6.54 Å². The average Bonchev–Trinajstić information content (AvgIpc) is 3.26. The molecule has 4 rings (SSSR count). The molecule has 1 N–H and O–H groups in total. The highest BCUT2D eigenvalue weighted by Crippen LogP contribution is 2.39. The quantitative estimate of drug-likeness (QED) is 0.555. The van der Waals surface area contributed by atoms with Gasteiger partial charge in [-0.25, -0.2) is 4.98 Å². The lowest BCUT2D eigenvalue weighted by molar-refractivity contribution is 0.0957. The summed E-state index contributed by atoms with van der Waals surface area (Å²) in [6, 6.07) is 10.4. The first kappa shape index (κ1) is 14.4. The molecule has 1 aromatic carbocycles. The molecule has 0 saturated carbocycles. The number of nitrogens with one attached hydrogen (secondary N) is 1. The largest absolute Gasteiger partial charge is 0.351 e. The van der Waals surface area contributed by atoms with Crippen LogP contribution in [0.3, 0.4) is 0 Å². The van der Waals surface area contributed by atoms with Crippen LogP contribution in [0.1, 0.15) is 16.1 Å². The average molecular weight is 341 g/mol. The van der Waals surface area contributed by atoms with Crippen molar-refractivity contribution in [1.29, 1.82) is 0 Å². The van der Waals surface area contributed by atoms with E-state index in [0.717, 1.165) is 17.8 Å². The molecule has 0 radical (unpaired) electrons. The van der Waals surface area contributed by atoms with E-state index >= 15 is 0 Å². The van der Waals surface area contributed by atoms with Crippen LogP contribution in [0, 0.1) is 0 Å². The Kier molecular flexibility index (Phi) is 3.85. The van der Waals surface area contributed by atoms with Crippen LogP contribution in [0.2, 0.25) is 0 Å². The fraction of sp³-hybridized carbons (Fsp3) is 0.176. The van der Waals surface area contributed by atoms with Gasteiger partial charge in [-0.2, -0.15) is 0 Å². The van der Waals surface area contributed by atoms with Gasteiger partial charge in [-0.15, -0.1) is 22.7 Å². The van der Waals surface area contributed by atoms with Crippen molar-refractivity contribution in [1.82, 2.24) is 14.9 Å². The van der Waals surface area contributed by atoms with Gasteiger partial charge < -0.3 is 9.88 Å². The van der Waals surface area contributed by atoms with Crippen molar-refractivity contribution in [2.24, 2.45) is 0 Å². The van der Waals surface area contributed by atoms with Crippen molar-refractivity contribution in [3.05, 3.63) is 53.9 Å². The lowest BCUT2D eigenvalue weighted by Gasteiger charge is -2.04. The predicted molar refractivity (Wildman–Crippen MR) is 96.4 cm³/mol. The van der Waals surface area contributed by atoms with Gasteiger partial charge in [0.15, 0.2) is 0 Å². The van der Waals surface area contributed by atoms with Crippen molar-refractivity contribution in [3.8, 4) is 0 Å². The number of fused-ring (bicyclic) bond motifs is 3. The van der Waals surface area contributed by atoms with Crippen LogP contribution >= 0.6 is 22.7 Å². The second-order valence-corrected chi connectivity index (χ2v) is 7.45. The Morgan fingerprint density at radius 3 is 3.00 bits per heavy atom. The molecule has 1 amide bonds. The molecule has 0 spiro atoms. The van der Waals surface area contributed by atoms with E-state index in [1.54, 1.807) is 35.2 Å². The minimum absolute atomic E-state index is 0.0214. The number of aryl methyl sites for hydroxylation is 1. The number of nitrogens with zero attached hydrogens (tertiary/aromatic N) is 2. The number of amides is 1. The first-order valence-electron chi connectivity index (χ1n) is 7.46. The Morgan fingerprint density at radius 2 is 2.13 bits per heavy atom. The SMILES string of the molecule is O=C(NCCCn1ccnc1)c1cc2sc3ccccc3c2s1. The van der Waals surface area contributed by atoms with Crippen molar-refractivity contribution in [2.75, 3.05) is 6.54 Å². The zero-order valence-corrected chi connectivity index (χ0v) is 14.0.